The minimum absolute atomic E-state index is 0.0399. The van der Waals surface area contributed by atoms with E-state index in [1.807, 2.05) is 27.0 Å². The highest BCUT2D eigenvalue weighted by atomic mass is 32.2. The van der Waals surface area contributed by atoms with Crippen molar-refractivity contribution in [2.75, 3.05) is 6.54 Å². The van der Waals surface area contributed by atoms with Gasteiger partial charge in [-0.05, 0) is 37.4 Å². The molecule has 1 heterocycles. The molecule has 0 radical (unpaired) electrons. The van der Waals surface area contributed by atoms with Gasteiger partial charge in [-0.1, -0.05) is 13.0 Å². The Balaban J connectivity index is 2.34. The standard InChI is InChI=1S/C13H17FN4S/c1-4-15-9(2)12-10(14)6-5-7-11(12)19-13-16-8-17-18(13)3/h5-9,15H,4H2,1-3H3. The Morgan fingerprint density at radius 2 is 2.26 bits per heavy atom. The molecule has 0 saturated heterocycles. The van der Waals surface area contributed by atoms with E-state index in [0.717, 1.165) is 16.6 Å². The van der Waals surface area contributed by atoms with Crippen LogP contribution in [0.4, 0.5) is 4.39 Å². The highest BCUT2D eigenvalue weighted by Gasteiger charge is 2.17. The molecule has 102 valence electrons. The van der Waals surface area contributed by atoms with Gasteiger partial charge in [0.2, 0.25) is 0 Å². The molecule has 0 fully saturated rings. The van der Waals surface area contributed by atoms with Gasteiger partial charge in [0.1, 0.15) is 12.1 Å². The van der Waals surface area contributed by atoms with Crippen molar-refractivity contribution in [2.24, 2.45) is 7.05 Å². The number of nitrogens with zero attached hydrogens (tertiary/aromatic N) is 3. The number of nitrogens with one attached hydrogen (secondary N) is 1. The fourth-order valence-corrected chi connectivity index (χ4v) is 2.92. The monoisotopic (exact) mass is 280 g/mol. The van der Waals surface area contributed by atoms with E-state index in [0.29, 0.717) is 5.56 Å². The van der Waals surface area contributed by atoms with Gasteiger partial charge < -0.3 is 5.32 Å². The maximum atomic E-state index is 14.1. The Labute approximate surface area is 116 Å². The fourth-order valence-electron chi connectivity index (χ4n) is 1.91. The maximum absolute atomic E-state index is 14.1. The zero-order chi connectivity index (χ0) is 13.8. The van der Waals surface area contributed by atoms with Crippen LogP contribution in [-0.2, 0) is 7.05 Å². The first-order valence-electron chi connectivity index (χ1n) is 6.17. The van der Waals surface area contributed by atoms with Crippen LogP contribution in [0.2, 0.25) is 0 Å². The molecule has 1 aromatic heterocycles. The van der Waals surface area contributed by atoms with Crippen molar-refractivity contribution in [3.63, 3.8) is 0 Å². The van der Waals surface area contributed by atoms with E-state index < -0.39 is 0 Å². The summed E-state index contributed by atoms with van der Waals surface area (Å²) in [5, 5.41) is 8.01. The van der Waals surface area contributed by atoms with Gasteiger partial charge in [0.25, 0.3) is 0 Å². The maximum Gasteiger partial charge on any atom is 0.190 e. The molecule has 0 aliphatic carbocycles. The number of benzene rings is 1. The lowest BCUT2D eigenvalue weighted by Crippen LogP contribution is -2.19. The summed E-state index contributed by atoms with van der Waals surface area (Å²) in [7, 11) is 1.82. The molecule has 1 unspecified atom stereocenters. The van der Waals surface area contributed by atoms with E-state index in [1.54, 1.807) is 10.7 Å². The second-order valence-electron chi connectivity index (χ2n) is 4.20. The molecule has 2 aromatic rings. The fraction of sp³-hybridized carbons (Fsp3) is 0.385. The van der Waals surface area contributed by atoms with Crippen molar-refractivity contribution in [3.05, 3.63) is 35.9 Å². The minimum atomic E-state index is -0.194. The first kappa shape index (κ1) is 14.0. The molecule has 2 rings (SSSR count). The zero-order valence-corrected chi connectivity index (χ0v) is 12.0. The van der Waals surface area contributed by atoms with Gasteiger partial charge in [0.15, 0.2) is 5.16 Å². The molecule has 0 aliphatic rings. The van der Waals surface area contributed by atoms with Gasteiger partial charge >= 0.3 is 0 Å². The van der Waals surface area contributed by atoms with Gasteiger partial charge in [0.05, 0.1) is 0 Å². The van der Waals surface area contributed by atoms with Crippen molar-refractivity contribution >= 4 is 11.8 Å². The molecule has 1 N–H and O–H groups in total. The summed E-state index contributed by atoms with van der Waals surface area (Å²) in [5.74, 6) is -0.194. The van der Waals surface area contributed by atoms with Crippen molar-refractivity contribution in [2.45, 2.75) is 29.9 Å². The van der Waals surface area contributed by atoms with E-state index in [1.165, 1.54) is 24.2 Å². The number of halogens is 1. The quantitative estimate of drug-likeness (QED) is 0.914. The third-order valence-electron chi connectivity index (χ3n) is 2.83. The normalized spacial score (nSPS) is 12.6. The molecule has 19 heavy (non-hydrogen) atoms. The lowest BCUT2D eigenvalue weighted by molar-refractivity contribution is 0.531. The average Bonchev–Trinajstić information content (AvgIpc) is 2.75. The largest absolute Gasteiger partial charge is 0.310 e. The van der Waals surface area contributed by atoms with Crippen LogP contribution in [0, 0.1) is 5.82 Å². The van der Waals surface area contributed by atoms with E-state index in [4.69, 9.17) is 0 Å². The number of aromatic nitrogens is 3. The molecule has 4 nitrogen and oxygen atoms in total. The van der Waals surface area contributed by atoms with Gasteiger partial charge in [-0.25, -0.2) is 14.1 Å². The number of hydrogen-bond acceptors (Lipinski definition) is 4. The Morgan fingerprint density at radius 3 is 2.89 bits per heavy atom. The number of rotatable bonds is 5. The minimum Gasteiger partial charge on any atom is -0.310 e. The first-order chi connectivity index (χ1) is 9.13. The van der Waals surface area contributed by atoms with Crippen LogP contribution in [-0.4, -0.2) is 21.3 Å². The Hall–Kier alpha value is -1.40. The van der Waals surface area contributed by atoms with E-state index >= 15 is 0 Å². The smallest absolute Gasteiger partial charge is 0.190 e. The molecule has 0 spiro atoms. The highest BCUT2D eigenvalue weighted by Crippen LogP contribution is 2.33. The molecular weight excluding hydrogens is 263 g/mol. The summed E-state index contributed by atoms with van der Waals surface area (Å²) in [6.07, 6.45) is 1.50. The van der Waals surface area contributed by atoms with Crippen LogP contribution in [0.3, 0.4) is 0 Å². The molecule has 0 bridgehead atoms. The van der Waals surface area contributed by atoms with E-state index in [2.05, 4.69) is 15.4 Å². The molecular formula is C13H17FN4S. The third kappa shape index (κ3) is 3.13. The zero-order valence-electron chi connectivity index (χ0n) is 11.2. The Bertz CT molecular complexity index is 555. The molecule has 6 heteroatoms. The molecule has 1 aromatic carbocycles. The van der Waals surface area contributed by atoms with Crippen molar-refractivity contribution in [1.29, 1.82) is 0 Å². The Morgan fingerprint density at radius 1 is 1.47 bits per heavy atom. The highest BCUT2D eigenvalue weighted by molar-refractivity contribution is 7.99. The van der Waals surface area contributed by atoms with Crippen molar-refractivity contribution in [3.8, 4) is 0 Å². The number of hydrogen-bond donors (Lipinski definition) is 1. The predicted octanol–water partition coefficient (Wildman–Crippen LogP) is 2.78. The lowest BCUT2D eigenvalue weighted by Gasteiger charge is -2.17. The SMILES string of the molecule is CCNC(C)c1c(F)cccc1Sc1ncnn1C. The summed E-state index contributed by atoms with van der Waals surface area (Å²) >= 11 is 1.43. The van der Waals surface area contributed by atoms with E-state index in [-0.39, 0.29) is 11.9 Å². The van der Waals surface area contributed by atoms with Crippen LogP contribution in [0.15, 0.2) is 34.6 Å². The van der Waals surface area contributed by atoms with Crippen LogP contribution in [0.25, 0.3) is 0 Å². The molecule has 1 atom stereocenters. The summed E-state index contributed by atoms with van der Waals surface area (Å²) in [6, 6.07) is 5.08. The summed E-state index contributed by atoms with van der Waals surface area (Å²) in [4.78, 5) is 5.02. The summed E-state index contributed by atoms with van der Waals surface area (Å²) in [6.45, 7) is 4.76. The average molecular weight is 280 g/mol. The molecule has 0 saturated carbocycles. The predicted molar refractivity (Wildman–Crippen MR) is 73.6 cm³/mol. The van der Waals surface area contributed by atoms with Gasteiger partial charge in [-0.3, -0.25) is 0 Å². The first-order valence-corrected chi connectivity index (χ1v) is 6.98. The van der Waals surface area contributed by atoms with Gasteiger partial charge in [0, 0.05) is 23.5 Å². The second kappa shape index (κ2) is 6.16. The summed E-state index contributed by atoms with van der Waals surface area (Å²) in [5.41, 5.74) is 0.678. The van der Waals surface area contributed by atoms with Gasteiger partial charge in [-0.2, -0.15) is 5.10 Å². The van der Waals surface area contributed by atoms with Crippen LogP contribution >= 0.6 is 11.8 Å². The van der Waals surface area contributed by atoms with Crippen LogP contribution in [0.5, 0.6) is 0 Å². The molecule has 0 amide bonds. The summed E-state index contributed by atoms with van der Waals surface area (Å²) < 4.78 is 15.7. The lowest BCUT2D eigenvalue weighted by atomic mass is 10.1. The topological polar surface area (TPSA) is 42.7 Å². The van der Waals surface area contributed by atoms with Crippen molar-refractivity contribution in [1.82, 2.24) is 20.1 Å². The van der Waals surface area contributed by atoms with Crippen molar-refractivity contribution < 1.29 is 4.39 Å². The van der Waals surface area contributed by atoms with Gasteiger partial charge in [-0.15, -0.1) is 0 Å². The third-order valence-corrected chi connectivity index (χ3v) is 3.96. The van der Waals surface area contributed by atoms with Crippen LogP contribution < -0.4 is 5.32 Å². The molecule has 0 aliphatic heterocycles. The van der Waals surface area contributed by atoms with Crippen LogP contribution in [0.1, 0.15) is 25.5 Å². The Kier molecular flexibility index (Phi) is 4.55. The number of aryl methyl sites for hydroxylation is 1. The van der Waals surface area contributed by atoms with E-state index in [9.17, 15) is 4.39 Å². The second-order valence-corrected chi connectivity index (χ2v) is 5.21.